The van der Waals surface area contributed by atoms with Crippen LogP contribution in [0.15, 0.2) is 42.5 Å². The van der Waals surface area contributed by atoms with E-state index in [0.717, 1.165) is 17.7 Å². The third kappa shape index (κ3) is 5.13. The van der Waals surface area contributed by atoms with E-state index in [2.05, 4.69) is 29.6 Å². The largest absolute Gasteiger partial charge is 0.493 e. The Bertz CT molecular complexity index is 885. The van der Waals surface area contributed by atoms with Gasteiger partial charge in [0.05, 0.1) is 20.2 Å². The molecular formula is C24H29N2O4+. The Morgan fingerprint density at radius 2 is 1.83 bits per heavy atom. The molecule has 0 bridgehead atoms. The molecule has 0 aliphatic carbocycles. The highest BCUT2D eigenvalue weighted by Crippen LogP contribution is 2.40. The van der Waals surface area contributed by atoms with E-state index >= 15 is 0 Å². The van der Waals surface area contributed by atoms with Crippen LogP contribution in [0.4, 0.5) is 0 Å². The molecule has 0 spiro atoms. The van der Waals surface area contributed by atoms with Gasteiger partial charge in [-0.2, -0.15) is 0 Å². The van der Waals surface area contributed by atoms with Crippen LogP contribution in [0.2, 0.25) is 0 Å². The number of methoxy groups -OCH3 is 1. The van der Waals surface area contributed by atoms with Crippen molar-refractivity contribution in [2.24, 2.45) is 0 Å². The minimum Gasteiger partial charge on any atom is -0.493 e. The van der Waals surface area contributed by atoms with Crippen LogP contribution in [-0.4, -0.2) is 39.3 Å². The number of quaternary nitrogens is 1. The topological polar surface area (TPSA) is 61.2 Å². The van der Waals surface area contributed by atoms with Crippen LogP contribution in [0.25, 0.3) is 6.08 Å². The summed E-state index contributed by atoms with van der Waals surface area (Å²) in [5.41, 5.74) is 3.27. The van der Waals surface area contributed by atoms with Gasteiger partial charge in [0.2, 0.25) is 11.7 Å². The van der Waals surface area contributed by atoms with Crippen LogP contribution in [0.3, 0.4) is 0 Å². The van der Waals surface area contributed by atoms with Crippen LogP contribution < -0.4 is 24.4 Å². The molecule has 1 amide bonds. The Balaban J connectivity index is 1.30. The average Bonchev–Trinajstić information content (AvgIpc) is 3.29. The summed E-state index contributed by atoms with van der Waals surface area (Å²) in [6.07, 6.45) is 5.95. The van der Waals surface area contributed by atoms with Gasteiger partial charge >= 0.3 is 0 Å². The molecule has 0 unspecified atom stereocenters. The van der Waals surface area contributed by atoms with Gasteiger partial charge in [-0.25, -0.2) is 0 Å². The summed E-state index contributed by atoms with van der Waals surface area (Å²) in [5.74, 6) is 1.70. The van der Waals surface area contributed by atoms with Gasteiger partial charge in [0.15, 0.2) is 11.5 Å². The van der Waals surface area contributed by atoms with Crippen molar-refractivity contribution in [1.82, 2.24) is 5.32 Å². The number of likely N-dealkylation sites (tertiary alicyclic amines) is 1. The number of hydrogen-bond donors (Lipinski definition) is 2. The molecular weight excluding hydrogens is 380 g/mol. The van der Waals surface area contributed by atoms with E-state index in [-0.39, 0.29) is 5.91 Å². The van der Waals surface area contributed by atoms with Crippen LogP contribution in [0.5, 0.6) is 17.2 Å². The quantitative estimate of drug-likeness (QED) is 0.687. The van der Waals surface area contributed by atoms with Gasteiger partial charge in [-0.05, 0) is 29.3 Å². The zero-order valence-electron chi connectivity index (χ0n) is 17.4. The maximum absolute atomic E-state index is 12.2. The van der Waals surface area contributed by atoms with Gasteiger partial charge in [-0.1, -0.05) is 24.3 Å². The van der Waals surface area contributed by atoms with Crippen LogP contribution >= 0.6 is 0 Å². The predicted octanol–water partition coefficient (Wildman–Crippen LogP) is 1.97. The van der Waals surface area contributed by atoms with Gasteiger partial charge in [-0.3, -0.25) is 4.79 Å². The first-order valence-electron chi connectivity index (χ1n) is 10.6. The Morgan fingerprint density at radius 1 is 1.10 bits per heavy atom. The van der Waals surface area contributed by atoms with Crippen molar-refractivity contribution in [2.45, 2.75) is 25.9 Å². The zero-order valence-corrected chi connectivity index (χ0v) is 17.4. The SMILES string of the molecule is COc1cc(/C=C/C(=O)NCc2ccc(C[NH+]3CCCC3)cc2)cc2c1OCCO2. The lowest BCUT2D eigenvalue weighted by Gasteiger charge is -2.20. The Hall–Kier alpha value is -2.99. The molecule has 30 heavy (non-hydrogen) atoms. The van der Waals surface area contributed by atoms with E-state index < -0.39 is 0 Å². The molecule has 0 aromatic heterocycles. The molecule has 2 aromatic rings. The second-order valence-corrected chi connectivity index (χ2v) is 7.75. The number of benzene rings is 2. The fraction of sp³-hybridized carbons (Fsp3) is 0.375. The van der Waals surface area contributed by atoms with E-state index in [1.165, 1.54) is 37.6 Å². The second-order valence-electron chi connectivity index (χ2n) is 7.75. The Labute approximate surface area is 177 Å². The van der Waals surface area contributed by atoms with Crippen molar-refractivity contribution in [3.8, 4) is 17.2 Å². The van der Waals surface area contributed by atoms with Gasteiger partial charge in [0, 0.05) is 31.0 Å². The molecule has 0 radical (unpaired) electrons. The van der Waals surface area contributed by atoms with Crippen LogP contribution in [-0.2, 0) is 17.9 Å². The Morgan fingerprint density at radius 3 is 2.60 bits per heavy atom. The highest BCUT2D eigenvalue weighted by atomic mass is 16.6. The summed E-state index contributed by atoms with van der Waals surface area (Å²) < 4.78 is 16.6. The molecule has 158 valence electrons. The summed E-state index contributed by atoms with van der Waals surface area (Å²) in [4.78, 5) is 13.9. The maximum Gasteiger partial charge on any atom is 0.244 e. The molecule has 2 N–H and O–H groups in total. The normalized spacial score (nSPS) is 16.0. The van der Waals surface area contributed by atoms with E-state index in [1.807, 2.05) is 12.1 Å². The second kappa shape index (κ2) is 9.67. The lowest BCUT2D eigenvalue weighted by Crippen LogP contribution is -3.08. The number of hydrogen-bond acceptors (Lipinski definition) is 4. The summed E-state index contributed by atoms with van der Waals surface area (Å²) in [5, 5.41) is 2.93. The number of ether oxygens (including phenoxy) is 3. The first-order valence-corrected chi connectivity index (χ1v) is 10.6. The highest BCUT2D eigenvalue weighted by Gasteiger charge is 2.18. The molecule has 6 heteroatoms. The molecule has 2 heterocycles. The molecule has 2 aromatic carbocycles. The Kier molecular flexibility index (Phi) is 6.54. The van der Waals surface area contributed by atoms with Crippen molar-refractivity contribution < 1.29 is 23.9 Å². The molecule has 6 nitrogen and oxygen atoms in total. The number of carbonyl (C=O) groups is 1. The third-order valence-corrected chi connectivity index (χ3v) is 5.53. The number of rotatable bonds is 7. The fourth-order valence-electron chi connectivity index (χ4n) is 3.93. The summed E-state index contributed by atoms with van der Waals surface area (Å²) in [6.45, 7) is 5.15. The van der Waals surface area contributed by atoms with Gasteiger partial charge < -0.3 is 24.4 Å². The summed E-state index contributed by atoms with van der Waals surface area (Å²) >= 11 is 0. The third-order valence-electron chi connectivity index (χ3n) is 5.53. The minimum atomic E-state index is -0.144. The van der Waals surface area contributed by atoms with Gasteiger partial charge in [-0.15, -0.1) is 0 Å². The fourth-order valence-corrected chi connectivity index (χ4v) is 3.93. The predicted molar refractivity (Wildman–Crippen MR) is 115 cm³/mol. The molecule has 2 aliphatic rings. The van der Waals surface area contributed by atoms with Gasteiger partial charge in [0.25, 0.3) is 0 Å². The van der Waals surface area contributed by atoms with E-state index in [9.17, 15) is 4.79 Å². The smallest absolute Gasteiger partial charge is 0.244 e. The number of carbonyl (C=O) groups excluding carboxylic acids is 1. The molecule has 0 atom stereocenters. The van der Waals surface area contributed by atoms with Gasteiger partial charge in [0.1, 0.15) is 19.8 Å². The first kappa shape index (κ1) is 20.3. The lowest BCUT2D eigenvalue weighted by atomic mass is 10.1. The highest BCUT2D eigenvalue weighted by molar-refractivity contribution is 5.91. The van der Waals surface area contributed by atoms with Crippen LogP contribution in [0, 0.1) is 0 Å². The summed E-state index contributed by atoms with van der Waals surface area (Å²) in [7, 11) is 1.59. The van der Waals surface area contributed by atoms with E-state index in [4.69, 9.17) is 14.2 Å². The molecule has 2 aliphatic heterocycles. The van der Waals surface area contributed by atoms with Crippen molar-refractivity contribution in [3.63, 3.8) is 0 Å². The number of fused-ring (bicyclic) bond motifs is 1. The minimum absolute atomic E-state index is 0.144. The van der Waals surface area contributed by atoms with Crippen molar-refractivity contribution >= 4 is 12.0 Å². The average molecular weight is 410 g/mol. The monoisotopic (exact) mass is 409 g/mol. The standard InChI is InChI=1S/C24H28N2O4/c1-28-21-14-20(15-22-24(21)30-13-12-29-22)8-9-23(27)25-16-18-4-6-19(7-5-18)17-26-10-2-3-11-26/h4-9,14-15H,2-3,10-13,16-17H2,1H3,(H,25,27)/p+1/b9-8+. The zero-order chi connectivity index (χ0) is 20.8. The number of amides is 1. The maximum atomic E-state index is 12.2. The van der Waals surface area contributed by atoms with Crippen molar-refractivity contribution in [2.75, 3.05) is 33.4 Å². The molecule has 0 saturated carbocycles. The van der Waals surface area contributed by atoms with Crippen molar-refractivity contribution in [1.29, 1.82) is 0 Å². The van der Waals surface area contributed by atoms with Crippen molar-refractivity contribution in [3.05, 3.63) is 59.2 Å². The van der Waals surface area contributed by atoms with E-state index in [0.29, 0.717) is 37.0 Å². The number of nitrogens with one attached hydrogen (secondary N) is 2. The summed E-state index contributed by atoms with van der Waals surface area (Å²) in [6, 6.07) is 12.2. The van der Waals surface area contributed by atoms with Crippen LogP contribution in [0.1, 0.15) is 29.5 Å². The van der Waals surface area contributed by atoms with E-state index in [1.54, 1.807) is 18.1 Å². The molecule has 4 rings (SSSR count). The molecule has 1 saturated heterocycles. The molecule has 1 fully saturated rings. The first-order chi connectivity index (χ1) is 14.7. The lowest BCUT2D eigenvalue weighted by molar-refractivity contribution is -0.901.